The summed E-state index contributed by atoms with van der Waals surface area (Å²) in [5.74, 6) is 0.141. The molecule has 3 aliphatic heterocycles. The van der Waals surface area contributed by atoms with Crippen LogP contribution in [0, 0.1) is 17.7 Å². The Morgan fingerprint density at radius 2 is 1.68 bits per heavy atom. The average molecular weight is 463 g/mol. The van der Waals surface area contributed by atoms with Gasteiger partial charge in [0.15, 0.2) is 6.17 Å². The molecular formula is C27H31FN4O2. The predicted molar refractivity (Wildman–Crippen MR) is 130 cm³/mol. The van der Waals surface area contributed by atoms with E-state index in [1.807, 2.05) is 30.0 Å². The van der Waals surface area contributed by atoms with Gasteiger partial charge in [-0.2, -0.15) is 0 Å². The molecule has 7 heteroatoms. The minimum absolute atomic E-state index is 0.0643. The summed E-state index contributed by atoms with van der Waals surface area (Å²) >= 11 is 0. The van der Waals surface area contributed by atoms with E-state index in [2.05, 4.69) is 4.99 Å². The predicted octanol–water partition coefficient (Wildman–Crippen LogP) is 3.51. The van der Waals surface area contributed by atoms with Gasteiger partial charge in [0.2, 0.25) is 5.91 Å². The highest BCUT2D eigenvalue weighted by molar-refractivity contribution is 6.21. The van der Waals surface area contributed by atoms with Crippen molar-refractivity contribution >= 4 is 23.2 Å². The number of benzene rings is 2. The van der Waals surface area contributed by atoms with Gasteiger partial charge in [-0.15, -0.1) is 0 Å². The molecule has 2 bridgehead atoms. The highest BCUT2D eigenvalue weighted by Gasteiger charge is 2.36. The van der Waals surface area contributed by atoms with E-state index in [0.29, 0.717) is 35.2 Å². The third-order valence-corrected chi connectivity index (χ3v) is 7.51. The summed E-state index contributed by atoms with van der Waals surface area (Å²) in [5.41, 5.74) is 8.98. The number of rotatable bonds is 4. The molecule has 1 unspecified atom stereocenters. The molecule has 2 amide bonds. The Morgan fingerprint density at radius 3 is 2.32 bits per heavy atom. The first kappa shape index (κ1) is 22.7. The topological polar surface area (TPSA) is 79.0 Å². The van der Waals surface area contributed by atoms with Crippen molar-refractivity contribution in [2.75, 3.05) is 24.5 Å². The molecule has 34 heavy (non-hydrogen) atoms. The lowest BCUT2D eigenvalue weighted by Gasteiger charge is -2.30. The number of aliphatic imine (C=N–C) groups is 1. The second-order valence-corrected chi connectivity index (χ2v) is 9.68. The lowest BCUT2D eigenvalue weighted by Crippen LogP contribution is -2.49. The maximum atomic E-state index is 14.8. The lowest BCUT2D eigenvalue weighted by atomic mass is 9.84. The van der Waals surface area contributed by atoms with Crippen LogP contribution in [-0.4, -0.2) is 48.2 Å². The second kappa shape index (κ2) is 9.29. The van der Waals surface area contributed by atoms with Crippen molar-refractivity contribution in [2.24, 2.45) is 22.6 Å². The third-order valence-electron chi connectivity index (χ3n) is 7.51. The summed E-state index contributed by atoms with van der Waals surface area (Å²) in [4.78, 5) is 34.9. The number of para-hydroxylation sites is 1. The number of nitrogens with two attached hydrogens (primary N) is 1. The molecule has 178 valence electrons. The highest BCUT2D eigenvalue weighted by Crippen LogP contribution is 2.35. The number of anilines is 1. The van der Waals surface area contributed by atoms with Crippen molar-refractivity contribution in [1.82, 2.24) is 4.90 Å². The molecule has 0 aromatic heterocycles. The van der Waals surface area contributed by atoms with Crippen LogP contribution >= 0.6 is 0 Å². The summed E-state index contributed by atoms with van der Waals surface area (Å²) in [6, 6.07) is 12.0. The SMILES string of the molecule is CCc1cccc2c1N(CC(=O)N1CC3CCC(CC3)C1)C(=O)C(N)N=C2c1ccccc1F. The minimum Gasteiger partial charge on any atom is -0.341 e. The highest BCUT2D eigenvalue weighted by atomic mass is 19.1. The number of benzodiazepines with no additional fused rings is 1. The van der Waals surface area contributed by atoms with Crippen LogP contribution in [0.3, 0.4) is 0 Å². The van der Waals surface area contributed by atoms with Gasteiger partial charge in [0.25, 0.3) is 5.91 Å². The Bertz CT molecular complexity index is 1130. The number of fused-ring (bicyclic) bond motifs is 5. The molecule has 3 heterocycles. The fraction of sp³-hybridized carbons (Fsp3) is 0.444. The molecule has 1 atom stereocenters. The molecular weight excluding hydrogens is 431 g/mol. The Morgan fingerprint density at radius 1 is 1.03 bits per heavy atom. The van der Waals surface area contributed by atoms with Crippen molar-refractivity contribution in [2.45, 2.75) is 45.2 Å². The molecule has 4 aliphatic rings. The maximum Gasteiger partial charge on any atom is 0.266 e. The van der Waals surface area contributed by atoms with Crippen LogP contribution in [0.2, 0.25) is 0 Å². The first-order valence-electron chi connectivity index (χ1n) is 12.3. The smallest absolute Gasteiger partial charge is 0.266 e. The van der Waals surface area contributed by atoms with Gasteiger partial charge in [0.05, 0.1) is 11.4 Å². The molecule has 2 N–H and O–H groups in total. The van der Waals surface area contributed by atoms with E-state index >= 15 is 0 Å². The molecule has 0 radical (unpaired) electrons. The molecule has 2 aromatic carbocycles. The van der Waals surface area contributed by atoms with E-state index in [1.54, 1.807) is 18.2 Å². The number of carbonyl (C=O) groups excluding carboxylic acids is 2. The molecule has 2 saturated heterocycles. The molecule has 0 spiro atoms. The van der Waals surface area contributed by atoms with E-state index < -0.39 is 17.9 Å². The molecule has 3 fully saturated rings. The van der Waals surface area contributed by atoms with E-state index in [-0.39, 0.29) is 18.0 Å². The molecule has 6 nitrogen and oxygen atoms in total. The van der Waals surface area contributed by atoms with Crippen LogP contribution in [0.1, 0.15) is 49.3 Å². The van der Waals surface area contributed by atoms with Crippen molar-refractivity contribution in [3.05, 3.63) is 65.0 Å². The summed E-state index contributed by atoms with van der Waals surface area (Å²) in [6.07, 6.45) is 4.11. The number of hydrogen-bond donors (Lipinski definition) is 1. The average Bonchev–Trinajstić information content (AvgIpc) is 3.23. The Balaban J connectivity index is 1.55. The van der Waals surface area contributed by atoms with Gasteiger partial charge in [0.1, 0.15) is 12.4 Å². The van der Waals surface area contributed by atoms with Crippen molar-refractivity contribution < 1.29 is 14.0 Å². The lowest BCUT2D eigenvalue weighted by molar-refractivity contribution is -0.132. The first-order valence-corrected chi connectivity index (χ1v) is 12.3. The third kappa shape index (κ3) is 4.13. The number of hydrogen-bond acceptors (Lipinski definition) is 4. The van der Waals surface area contributed by atoms with Gasteiger partial charge in [0, 0.05) is 24.2 Å². The second-order valence-electron chi connectivity index (χ2n) is 9.68. The van der Waals surface area contributed by atoms with Gasteiger partial charge in [-0.25, -0.2) is 4.39 Å². The Labute approximate surface area is 199 Å². The van der Waals surface area contributed by atoms with Gasteiger partial charge in [-0.1, -0.05) is 37.3 Å². The molecule has 1 saturated carbocycles. The van der Waals surface area contributed by atoms with Crippen molar-refractivity contribution in [3.8, 4) is 0 Å². The van der Waals surface area contributed by atoms with Crippen LogP contribution in [-0.2, 0) is 16.0 Å². The van der Waals surface area contributed by atoms with Crippen molar-refractivity contribution in [3.63, 3.8) is 0 Å². The fourth-order valence-electron chi connectivity index (χ4n) is 5.68. The number of amides is 2. The molecule has 2 aromatic rings. The van der Waals surface area contributed by atoms with E-state index in [4.69, 9.17) is 5.73 Å². The van der Waals surface area contributed by atoms with Gasteiger partial charge in [-0.05, 0) is 61.6 Å². The fourth-order valence-corrected chi connectivity index (χ4v) is 5.68. The number of carbonyl (C=O) groups is 2. The van der Waals surface area contributed by atoms with Crippen LogP contribution in [0.25, 0.3) is 0 Å². The number of aryl methyl sites for hydroxylation is 1. The zero-order valence-electron chi connectivity index (χ0n) is 19.5. The zero-order valence-corrected chi connectivity index (χ0v) is 19.5. The molecule has 1 aliphatic carbocycles. The summed E-state index contributed by atoms with van der Waals surface area (Å²) in [6.45, 7) is 3.42. The minimum atomic E-state index is -1.22. The Kier molecular flexibility index (Phi) is 6.21. The summed E-state index contributed by atoms with van der Waals surface area (Å²) < 4.78 is 14.8. The van der Waals surface area contributed by atoms with Gasteiger partial charge in [-0.3, -0.25) is 19.5 Å². The van der Waals surface area contributed by atoms with E-state index in [9.17, 15) is 14.0 Å². The van der Waals surface area contributed by atoms with E-state index in [0.717, 1.165) is 18.7 Å². The quantitative estimate of drug-likeness (QED) is 0.755. The maximum absolute atomic E-state index is 14.8. The monoisotopic (exact) mass is 462 g/mol. The largest absolute Gasteiger partial charge is 0.341 e. The zero-order chi connectivity index (χ0) is 23.8. The Hall–Kier alpha value is -3.06. The standard InChI is InChI=1S/C27H31FN4O2/c1-2-19-6-5-8-21-24(20-7-3-4-9-22(20)28)30-26(29)27(34)32(25(19)21)16-23(33)31-14-17-10-11-18(15-31)13-12-17/h3-9,17-18,26H,2,10-16,29H2,1H3. The summed E-state index contributed by atoms with van der Waals surface area (Å²) in [5, 5.41) is 0. The van der Waals surface area contributed by atoms with E-state index in [1.165, 1.54) is 36.6 Å². The van der Waals surface area contributed by atoms with Gasteiger partial charge < -0.3 is 10.6 Å². The normalized spacial score (nSPS) is 24.4. The summed E-state index contributed by atoms with van der Waals surface area (Å²) in [7, 11) is 0. The van der Waals surface area contributed by atoms with Crippen LogP contribution < -0.4 is 10.6 Å². The van der Waals surface area contributed by atoms with Crippen molar-refractivity contribution in [1.29, 1.82) is 0 Å². The molecule has 6 rings (SSSR count). The number of halogens is 1. The first-order chi connectivity index (χ1) is 16.5. The van der Waals surface area contributed by atoms with Gasteiger partial charge >= 0.3 is 0 Å². The van der Waals surface area contributed by atoms with Crippen LogP contribution in [0.5, 0.6) is 0 Å². The van der Waals surface area contributed by atoms with Crippen LogP contribution in [0.15, 0.2) is 47.5 Å². The number of nitrogens with zero attached hydrogens (tertiary/aromatic N) is 3. The van der Waals surface area contributed by atoms with Crippen LogP contribution in [0.4, 0.5) is 10.1 Å².